The molecule has 1 N–H and O–H groups in total. The van der Waals surface area contributed by atoms with Crippen LogP contribution in [0.2, 0.25) is 5.02 Å². The van der Waals surface area contributed by atoms with Gasteiger partial charge in [0.2, 0.25) is 0 Å². The van der Waals surface area contributed by atoms with E-state index in [9.17, 15) is 12.8 Å². The van der Waals surface area contributed by atoms with E-state index in [-0.39, 0.29) is 16.4 Å². The highest BCUT2D eigenvalue weighted by Gasteiger charge is 2.16. The molecule has 1 heterocycles. The van der Waals surface area contributed by atoms with E-state index in [1.165, 1.54) is 0 Å². The molecule has 3 nitrogen and oxygen atoms in total. The summed E-state index contributed by atoms with van der Waals surface area (Å²) in [6, 6.07) is 0.858. The van der Waals surface area contributed by atoms with Gasteiger partial charge < -0.3 is 0 Å². The van der Waals surface area contributed by atoms with Crippen molar-refractivity contribution in [3.8, 4) is 0 Å². The van der Waals surface area contributed by atoms with E-state index in [0.717, 1.165) is 6.07 Å². The van der Waals surface area contributed by atoms with Crippen molar-refractivity contribution in [2.45, 2.75) is 4.21 Å². The molecule has 1 aromatic rings. The molecule has 0 aromatic carbocycles. The lowest BCUT2D eigenvalue weighted by Gasteiger charge is -1.84. The van der Waals surface area contributed by atoms with Crippen LogP contribution in [0.15, 0.2) is 10.3 Å². The van der Waals surface area contributed by atoms with Crippen LogP contribution in [-0.2, 0) is 10.1 Å². The zero-order valence-corrected chi connectivity index (χ0v) is 7.30. The van der Waals surface area contributed by atoms with Gasteiger partial charge in [0.15, 0.2) is 9.34 Å². The lowest BCUT2D eigenvalue weighted by molar-refractivity contribution is 0.485. The predicted molar refractivity (Wildman–Crippen MR) is 39.1 cm³/mol. The molecule has 0 bridgehead atoms. The van der Waals surface area contributed by atoms with E-state index in [1.807, 2.05) is 0 Å². The topological polar surface area (TPSA) is 54.4 Å². The normalized spacial score (nSPS) is 11.9. The molecule has 0 aliphatic heterocycles. The van der Waals surface area contributed by atoms with Crippen LogP contribution in [0.3, 0.4) is 0 Å². The van der Waals surface area contributed by atoms with Crippen molar-refractivity contribution >= 4 is 33.1 Å². The molecule has 1 rings (SSSR count). The fraction of sp³-hybridized carbons (Fsp3) is 0. The van der Waals surface area contributed by atoms with Crippen LogP contribution in [0.25, 0.3) is 0 Å². The van der Waals surface area contributed by atoms with Crippen molar-refractivity contribution in [2.24, 2.45) is 0 Å². The summed E-state index contributed by atoms with van der Waals surface area (Å²) in [5.41, 5.74) is 0. The van der Waals surface area contributed by atoms with Gasteiger partial charge in [-0.05, 0) is 6.07 Å². The molecule has 0 radical (unpaired) electrons. The van der Waals surface area contributed by atoms with Gasteiger partial charge in [-0.3, -0.25) is 4.55 Å². The number of halogens is 2. The molecule has 0 aliphatic carbocycles. The van der Waals surface area contributed by atoms with Crippen LogP contribution in [0, 0.1) is 5.13 Å². The molecule has 7 heteroatoms. The Morgan fingerprint density at radius 1 is 1.64 bits per heavy atom. The summed E-state index contributed by atoms with van der Waals surface area (Å²) in [6.07, 6.45) is 0. The largest absolute Gasteiger partial charge is 0.304 e. The Morgan fingerprint density at radius 3 is 2.36 bits per heavy atom. The van der Waals surface area contributed by atoms with Crippen LogP contribution in [-0.4, -0.2) is 13.0 Å². The quantitative estimate of drug-likeness (QED) is 0.729. The van der Waals surface area contributed by atoms with Crippen molar-refractivity contribution in [1.82, 2.24) is 0 Å². The Bertz CT molecular complexity index is 349. The second-order valence-corrected chi connectivity index (χ2v) is 4.72. The maximum atomic E-state index is 12.4. The highest BCUT2D eigenvalue weighted by molar-refractivity contribution is 7.88. The van der Waals surface area contributed by atoms with Crippen LogP contribution in [0.4, 0.5) is 4.39 Å². The Labute approximate surface area is 71.2 Å². The molecule has 62 valence electrons. The monoisotopic (exact) mass is 216 g/mol. The van der Waals surface area contributed by atoms with Crippen LogP contribution in [0.1, 0.15) is 0 Å². The van der Waals surface area contributed by atoms with E-state index in [1.54, 1.807) is 0 Å². The van der Waals surface area contributed by atoms with Gasteiger partial charge in [0.25, 0.3) is 0 Å². The lowest BCUT2D eigenvalue weighted by Crippen LogP contribution is -1.93. The van der Waals surface area contributed by atoms with Gasteiger partial charge in [0.1, 0.15) is 0 Å². The zero-order valence-electron chi connectivity index (χ0n) is 4.91. The minimum atomic E-state index is -4.31. The Morgan fingerprint density at radius 2 is 2.18 bits per heavy atom. The van der Waals surface area contributed by atoms with Gasteiger partial charge in [-0.15, -0.1) is 0 Å². The fourth-order valence-corrected chi connectivity index (χ4v) is 2.23. The average Bonchev–Trinajstić information content (AvgIpc) is 2.11. The number of hydrogen-bond acceptors (Lipinski definition) is 3. The Hall–Kier alpha value is -0.170. The van der Waals surface area contributed by atoms with Gasteiger partial charge in [0.05, 0.1) is 5.02 Å². The maximum absolute atomic E-state index is 12.4. The fourth-order valence-electron chi connectivity index (χ4n) is 0.454. The van der Waals surface area contributed by atoms with Gasteiger partial charge in [-0.25, -0.2) is 0 Å². The minimum absolute atomic E-state index is 0.285. The molecule has 0 aliphatic rings. The van der Waals surface area contributed by atoms with Gasteiger partial charge in [-0.1, -0.05) is 22.9 Å². The minimum Gasteiger partial charge on any atom is -0.281 e. The van der Waals surface area contributed by atoms with E-state index >= 15 is 0 Å². The van der Waals surface area contributed by atoms with E-state index in [0.29, 0.717) is 0 Å². The summed E-state index contributed by atoms with van der Waals surface area (Å²) in [5.74, 6) is 0. The van der Waals surface area contributed by atoms with Gasteiger partial charge in [0, 0.05) is 0 Å². The SMILES string of the molecule is O=S(=O)(O)c1cc(Cl)c(F)s1. The summed E-state index contributed by atoms with van der Waals surface area (Å²) < 4.78 is 41.0. The molecule has 0 unspecified atom stereocenters. The van der Waals surface area contributed by atoms with Crippen molar-refractivity contribution < 1.29 is 17.4 Å². The lowest BCUT2D eigenvalue weighted by atomic mass is 10.7. The molecule has 0 atom stereocenters. The number of rotatable bonds is 1. The van der Waals surface area contributed by atoms with Crippen molar-refractivity contribution in [3.63, 3.8) is 0 Å². The third-order valence-electron chi connectivity index (χ3n) is 0.877. The third kappa shape index (κ3) is 1.90. The summed E-state index contributed by atoms with van der Waals surface area (Å²) in [6.45, 7) is 0. The summed E-state index contributed by atoms with van der Waals surface area (Å²) in [4.78, 5) is 0. The van der Waals surface area contributed by atoms with Crippen LogP contribution >= 0.6 is 22.9 Å². The summed E-state index contributed by atoms with van der Waals surface area (Å²) in [5, 5.41) is -1.12. The first-order chi connectivity index (χ1) is 4.91. The molecule has 11 heavy (non-hydrogen) atoms. The third-order valence-corrected chi connectivity index (χ3v) is 3.49. The molecular formula is C4H2ClFO3S2. The first-order valence-electron chi connectivity index (χ1n) is 2.33. The zero-order chi connectivity index (χ0) is 8.65. The smallest absolute Gasteiger partial charge is 0.281 e. The molecule has 0 saturated carbocycles. The van der Waals surface area contributed by atoms with E-state index < -0.39 is 19.5 Å². The second kappa shape index (κ2) is 2.71. The van der Waals surface area contributed by atoms with Crippen molar-refractivity contribution in [1.29, 1.82) is 0 Å². The highest BCUT2D eigenvalue weighted by Crippen LogP contribution is 2.27. The Balaban J connectivity index is 3.29. The van der Waals surface area contributed by atoms with Gasteiger partial charge in [-0.2, -0.15) is 12.8 Å². The summed E-state index contributed by atoms with van der Waals surface area (Å²) in [7, 11) is -4.31. The number of thiophene rings is 1. The van der Waals surface area contributed by atoms with Crippen molar-refractivity contribution in [2.75, 3.05) is 0 Å². The molecular weight excluding hydrogens is 215 g/mol. The second-order valence-electron chi connectivity index (χ2n) is 1.66. The maximum Gasteiger partial charge on any atom is 0.304 e. The first-order valence-corrected chi connectivity index (χ1v) is 4.97. The van der Waals surface area contributed by atoms with E-state index in [4.69, 9.17) is 16.2 Å². The van der Waals surface area contributed by atoms with Crippen LogP contribution < -0.4 is 0 Å². The molecule has 0 spiro atoms. The predicted octanol–water partition coefficient (Wildman–Crippen LogP) is 1.79. The molecule has 0 saturated heterocycles. The highest BCUT2D eigenvalue weighted by atomic mass is 35.5. The standard InChI is InChI=1S/C4H2ClFO3S2/c5-2-1-3(10-4(2)6)11(7,8)9/h1H,(H,7,8,9). The van der Waals surface area contributed by atoms with Crippen molar-refractivity contribution in [3.05, 3.63) is 16.2 Å². The molecule has 1 aromatic heterocycles. The Kier molecular flexibility index (Phi) is 2.19. The first kappa shape index (κ1) is 8.92. The molecule has 0 fully saturated rings. The molecule has 0 amide bonds. The van der Waals surface area contributed by atoms with Crippen LogP contribution in [0.5, 0.6) is 0 Å². The van der Waals surface area contributed by atoms with E-state index in [2.05, 4.69) is 0 Å². The average molecular weight is 217 g/mol. The van der Waals surface area contributed by atoms with Gasteiger partial charge >= 0.3 is 10.1 Å². The number of hydrogen-bond donors (Lipinski definition) is 1. The summed E-state index contributed by atoms with van der Waals surface area (Å²) >= 11 is 5.48.